The fourth-order valence-corrected chi connectivity index (χ4v) is 3.39. The monoisotopic (exact) mass is 441 g/mol. The molecule has 8 nitrogen and oxygen atoms in total. The van der Waals surface area contributed by atoms with Gasteiger partial charge in [0.1, 0.15) is 0 Å². The van der Waals surface area contributed by atoms with E-state index in [1.54, 1.807) is 17.7 Å². The molecule has 0 fully saturated rings. The lowest BCUT2D eigenvalue weighted by atomic mass is 10.0. The van der Waals surface area contributed by atoms with Crippen molar-refractivity contribution in [2.75, 3.05) is 11.9 Å². The van der Waals surface area contributed by atoms with E-state index in [2.05, 4.69) is 20.8 Å². The van der Waals surface area contributed by atoms with Crippen LogP contribution in [0, 0.1) is 5.82 Å². The van der Waals surface area contributed by atoms with Crippen molar-refractivity contribution >= 4 is 11.7 Å². The molecule has 0 bridgehead atoms. The first-order valence-corrected chi connectivity index (χ1v) is 9.59. The van der Waals surface area contributed by atoms with Crippen molar-refractivity contribution in [1.29, 1.82) is 0 Å². The molecule has 0 saturated carbocycles. The molecule has 31 heavy (non-hydrogen) atoms. The van der Waals surface area contributed by atoms with Gasteiger partial charge < -0.3 is 15.6 Å². The van der Waals surface area contributed by atoms with Crippen LogP contribution >= 0.6 is 0 Å². The molecular weight excluding hydrogens is 418 g/mol. The van der Waals surface area contributed by atoms with Crippen LogP contribution in [0.3, 0.4) is 0 Å². The van der Waals surface area contributed by atoms with E-state index in [0.717, 1.165) is 12.3 Å². The quantitative estimate of drug-likeness (QED) is 0.375. The summed E-state index contributed by atoms with van der Waals surface area (Å²) in [6.07, 6.45) is -2.11. The molecule has 0 spiro atoms. The molecule has 1 aliphatic rings. The second-order valence-corrected chi connectivity index (χ2v) is 7.38. The van der Waals surface area contributed by atoms with E-state index >= 15 is 0 Å². The van der Waals surface area contributed by atoms with Gasteiger partial charge in [-0.1, -0.05) is 0 Å². The number of nitrogens with two attached hydrogens (primary N) is 1. The number of aromatic nitrogens is 3. The fraction of sp³-hybridized carbons (Fsp3) is 0.421. The number of hydrogen-bond acceptors (Lipinski definition) is 6. The van der Waals surface area contributed by atoms with Gasteiger partial charge in [0.2, 0.25) is 0 Å². The largest absolute Gasteiger partial charge is 0.436 e. The molecule has 1 amide bonds. The summed E-state index contributed by atoms with van der Waals surface area (Å²) in [7, 11) is 0. The van der Waals surface area contributed by atoms with Gasteiger partial charge in [-0.25, -0.2) is 9.37 Å². The average Bonchev–Trinajstić information content (AvgIpc) is 3.16. The highest BCUT2D eigenvalue weighted by atomic mass is 19.4. The van der Waals surface area contributed by atoms with Gasteiger partial charge >= 0.3 is 6.18 Å². The standard InChI is InChI=1S/C19H23F4N7O/c1-10(2)30-9-6-14(28-30)26-13-5-8-29(11(3)16(13)27-24)18(31)12-4-7-25-17(15(12)20)19(21,22)23/h4,6-7,9-11,27H,5,8,24H2,1-3H3,(H,26,28)/t11-/m0/s1. The van der Waals surface area contributed by atoms with Crippen molar-refractivity contribution in [3.8, 4) is 0 Å². The number of carbonyl (C=O) groups excluding carboxylic acids is 1. The Labute approximate surface area is 176 Å². The SMILES string of the molecule is CC(C)n1ccc(NC2=C(NN)[C@H](C)N(C(=O)c3ccnc(C(F)(F)F)c3F)CC2)n1. The van der Waals surface area contributed by atoms with Gasteiger partial charge in [-0.2, -0.15) is 18.3 Å². The minimum absolute atomic E-state index is 0.140. The predicted octanol–water partition coefficient (Wildman–Crippen LogP) is 3.04. The lowest BCUT2D eigenvalue weighted by Gasteiger charge is -2.36. The Morgan fingerprint density at radius 1 is 1.32 bits per heavy atom. The molecule has 0 aromatic carbocycles. The van der Waals surface area contributed by atoms with E-state index in [1.165, 1.54) is 4.90 Å². The smallest absolute Gasteiger partial charge is 0.341 e. The van der Waals surface area contributed by atoms with Crippen LogP contribution in [0.1, 0.15) is 49.3 Å². The van der Waals surface area contributed by atoms with Crippen LogP contribution in [0.5, 0.6) is 0 Å². The molecular formula is C19H23F4N7O. The van der Waals surface area contributed by atoms with Crippen molar-refractivity contribution in [3.63, 3.8) is 0 Å². The zero-order valence-corrected chi connectivity index (χ0v) is 17.2. The van der Waals surface area contributed by atoms with Crippen LogP contribution < -0.4 is 16.6 Å². The zero-order valence-electron chi connectivity index (χ0n) is 17.2. The van der Waals surface area contributed by atoms with Gasteiger partial charge in [-0.05, 0) is 26.8 Å². The van der Waals surface area contributed by atoms with Crippen molar-refractivity contribution in [2.45, 2.75) is 45.5 Å². The fourth-order valence-electron chi connectivity index (χ4n) is 3.39. The summed E-state index contributed by atoms with van der Waals surface area (Å²) < 4.78 is 55.1. The third kappa shape index (κ3) is 4.48. The Hall–Kier alpha value is -3.15. The zero-order chi connectivity index (χ0) is 22.9. The molecule has 2 aromatic heterocycles. The van der Waals surface area contributed by atoms with Crippen LogP contribution in [-0.4, -0.2) is 38.2 Å². The number of halogens is 4. The van der Waals surface area contributed by atoms with Gasteiger partial charge in [-0.15, -0.1) is 0 Å². The summed E-state index contributed by atoms with van der Waals surface area (Å²) in [4.78, 5) is 17.2. The Balaban J connectivity index is 1.86. The predicted molar refractivity (Wildman–Crippen MR) is 105 cm³/mol. The van der Waals surface area contributed by atoms with Gasteiger partial charge in [0.25, 0.3) is 5.91 Å². The van der Waals surface area contributed by atoms with Gasteiger partial charge in [-0.3, -0.25) is 15.3 Å². The maximum atomic E-state index is 14.4. The molecule has 12 heteroatoms. The molecule has 2 aromatic rings. The molecule has 168 valence electrons. The molecule has 0 saturated heterocycles. The van der Waals surface area contributed by atoms with Crippen LogP contribution in [0.25, 0.3) is 0 Å². The summed E-state index contributed by atoms with van der Waals surface area (Å²) in [6.45, 7) is 5.75. The van der Waals surface area contributed by atoms with Gasteiger partial charge in [0, 0.05) is 43.2 Å². The summed E-state index contributed by atoms with van der Waals surface area (Å²) in [5.41, 5.74) is 1.25. The molecule has 0 unspecified atom stereocenters. The first-order chi connectivity index (χ1) is 14.5. The van der Waals surface area contributed by atoms with Gasteiger partial charge in [0.15, 0.2) is 17.3 Å². The Morgan fingerprint density at radius 3 is 2.61 bits per heavy atom. The molecule has 3 rings (SSSR count). The molecule has 3 heterocycles. The van der Waals surface area contributed by atoms with E-state index in [1.807, 2.05) is 20.0 Å². The number of hydrogen-bond donors (Lipinski definition) is 3. The van der Waals surface area contributed by atoms with E-state index in [0.29, 0.717) is 23.6 Å². The maximum absolute atomic E-state index is 14.4. The number of nitrogens with zero attached hydrogens (tertiary/aromatic N) is 4. The second-order valence-electron chi connectivity index (χ2n) is 7.38. The second kappa shape index (κ2) is 8.53. The van der Waals surface area contributed by atoms with E-state index < -0.39 is 35.2 Å². The molecule has 0 radical (unpaired) electrons. The number of pyridine rings is 1. The van der Waals surface area contributed by atoms with Crippen LogP contribution in [0.2, 0.25) is 0 Å². The molecule has 1 aliphatic heterocycles. The number of carbonyl (C=O) groups is 1. The Morgan fingerprint density at radius 2 is 2.03 bits per heavy atom. The van der Waals surface area contributed by atoms with Crippen LogP contribution in [-0.2, 0) is 6.18 Å². The minimum Gasteiger partial charge on any atom is -0.341 e. The minimum atomic E-state index is -5.01. The van der Waals surface area contributed by atoms with E-state index in [-0.39, 0.29) is 12.6 Å². The Kier molecular flexibility index (Phi) is 6.20. The number of hydrazine groups is 1. The number of amides is 1. The normalized spacial score (nSPS) is 17.3. The van der Waals surface area contributed by atoms with Crippen LogP contribution in [0.15, 0.2) is 35.9 Å². The molecule has 4 N–H and O–H groups in total. The molecule has 1 atom stereocenters. The van der Waals surface area contributed by atoms with E-state index in [4.69, 9.17) is 5.84 Å². The lowest BCUT2D eigenvalue weighted by Crippen LogP contribution is -2.49. The summed E-state index contributed by atoms with van der Waals surface area (Å²) >= 11 is 0. The van der Waals surface area contributed by atoms with Gasteiger partial charge in [0.05, 0.1) is 17.3 Å². The summed E-state index contributed by atoms with van der Waals surface area (Å²) in [5, 5.41) is 7.56. The van der Waals surface area contributed by atoms with Crippen LogP contribution in [0.4, 0.5) is 23.4 Å². The highest BCUT2D eigenvalue weighted by Crippen LogP contribution is 2.32. The van der Waals surface area contributed by atoms with Crippen molar-refractivity contribution in [3.05, 3.63) is 53.0 Å². The highest BCUT2D eigenvalue weighted by Gasteiger charge is 2.39. The van der Waals surface area contributed by atoms with E-state index in [9.17, 15) is 22.4 Å². The highest BCUT2D eigenvalue weighted by molar-refractivity contribution is 5.95. The molecule has 0 aliphatic carbocycles. The van der Waals surface area contributed by atoms with Crippen molar-refractivity contribution in [1.82, 2.24) is 25.1 Å². The lowest BCUT2D eigenvalue weighted by molar-refractivity contribution is -0.143. The Bertz CT molecular complexity index is 999. The first-order valence-electron chi connectivity index (χ1n) is 9.59. The number of anilines is 1. The third-order valence-corrected chi connectivity index (χ3v) is 5.03. The van der Waals surface area contributed by atoms with Crippen molar-refractivity contribution < 1.29 is 22.4 Å². The maximum Gasteiger partial charge on any atom is 0.436 e. The summed E-state index contributed by atoms with van der Waals surface area (Å²) in [5.74, 6) is 3.67. The number of rotatable bonds is 5. The average molecular weight is 441 g/mol. The van der Waals surface area contributed by atoms with Crippen molar-refractivity contribution in [2.24, 2.45) is 5.84 Å². The topological polar surface area (TPSA) is 101 Å². The summed E-state index contributed by atoms with van der Waals surface area (Å²) in [6, 6.07) is 2.24. The number of nitrogens with one attached hydrogen (secondary N) is 2. The number of alkyl halides is 3. The third-order valence-electron chi connectivity index (χ3n) is 5.03. The first kappa shape index (κ1) is 22.5.